The summed E-state index contributed by atoms with van der Waals surface area (Å²) in [7, 11) is 0. The number of benzene rings is 1. The molecule has 0 aliphatic carbocycles. The normalized spacial score (nSPS) is 10.0. The van der Waals surface area contributed by atoms with Crippen LogP contribution in [0.3, 0.4) is 0 Å². The molecule has 0 unspecified atom stereocenters. The molecule has 5 heteroatoms. The summed E-state index contributed by atoms with van der Waals surface area (Å²) in [5.41, 5.74) is 2.01. The molecule has 0 aliphatic heterocycles. The number of amides is 1. The Bertz CT molecular complexity index is 417. The second-order valence-corrected chi connectivity index (χ2v) is 4.88. The van der Waals surface area contributed by atoms with Crippen molar-refractivity contribution in [3.8, 4) is 0 Å². The zero-order valence-corrected chi connectivity index (χ0v) is 12.1. The summed E-state index contributed by atoms with van der Waals surface area (Å²) in [5.74, 6) is 0.0517. The third-order valence-electron chi connectivity index (χ3n) is 2.40. The highest BCUT2D eigenvalue weighted by atomic mass is 32.2. The number of anilines is 1. The van der Waals surface area contributed by atoms with E-state index in [1.54, 1.807) is 6.92 Å². The molecule has 1 aromatic carbocycles. The summed E-state index contributed by atoms with van der Waals surface area (Å²) in [6, 6.07) is 7.74. The Morgan fingerprint density at radius 2 is 1.84 bits per heavy atom. The van der Waals surface area contributed by atoms with Crippen LogP contribution in [0, 0.1) is 0 Å². The van der Waals surface area contributed by atoms with Crippen molar-refractivity contribution in [2.75, 3.05) is 23.4 Å². The predicted octanol–water partition coefficient (Wildman–Crippen LogP) is 2.48. The Hall–Kier alpha value is -1.49. The maximum atomic E-state index is 11.6. The molecular formula is C14H19NO3S. The lowest BCUT2D eigenvalue weighted by atomic mass is 10.1. The molecule has 0 aliphatic rings. The molecule has 0 saturated heterocycles. The van der Waals surface area contributed by atoms with E-state index in [2.05, 4.69) is 12.2 Å². The number of esters is 1. The van der Waals surface area contributed by atoms with Crippen LogP contribution < -0.4 is 5.32 Å². The van der Waals surface area contributed by atoms with E-state index in [1.807, 2.05) is 24.3 Å². The van der Waals surface area contributed by atoms with Crippen LogP contribution in [0.5, 0.6) is 0 Å². The molecule has 0 spiro atoms. The second-order valence-electron chi connectivity index (χ2n) is 3.90. The van der Waals surface area contributed by atoms with Crippen molar-refractivity contribution in [2.24, 2.45) is 0 Å². The number of hydrogen-bond donors (Lipinski definition) is 1. The van der Waals surface area contributed by atoms with Crippen LogP contribution in [0.1, 0.15) is 19.4 Å². The number of carbonyl (C=O) groups is 2. The maximum absolute atomic E-state index is 11.6. The highest BCUT2D eigenvalue weighted by molar-refractivity contribution is 8.00. The van der Waals surface area contributed by atoms with Crippen molar-refractivity contribution >= 4 is 29.3 Å². The van der Waals surface area contributed by atoms with Crippen LogP contribution in [0.2, 0.25) is 0 Å². The fourth-order valence-corrected chi connectivity index (χ4v) is 2.06. The highest BCUT2D eigenvalue weighted by Crippen LogP contribution is 2.11. The van der Waals surface area contributed by atoms with Gasteiger partial charge in [-0.2, -0.15) is 0 Å². The number of thioether (sulfide) groups is 1. The summed E-state index contributed by atoms with van der Waals surface area (Å²) in [4.78, 5) is 22.7. The van der Waals surface area contributed by atoms with E-state index in [0.717, 1.165) is 12.1 Å². The maximum Gasteiger partial charge on any atom is 0.315 e. The first-order valence-corrected chi connectivity index (χ1v) is 7.43. The summed E-state index contributed by atoms with van der Waals surface area (Å²) in [6.45, 7) is 4.21. The Balaban J connectivity index is 2.28. The number of hydrogen-bond acceptors (Lipinski definition) is 4. The monoisotopic (exact) mass is 281 g/mol. The first kappa shape index (κ1) is 15.6. The minimum Gasteiger partial charge on any atom is -0.465 e. The van der Waals surface area contributed by atoms with Crippen molar-refractivity contribution < 1.29 is 14.3 Å². The minimum atomic E-state index is -0.285. The Kier molecular flexibility index (Phi) is 7.03. The van der Waals surface area contributed by atoms with Crippen molar-refractivity contribution in [2.45, 2.75) is 20.3 Å². The molecule has 1 N–H and O–H groups in total. The van der Waals surface area contributed by atoms with Crippen molar-refractivity contribution in [3.63, 3.8) is 0 Å². The molecule has 19 heavy (non-hydrogen) atoms. The van der Waals surface area contributed by atoms with E-state index in [0.29, 0.717) is 6.61 Å². The van der Waals surface area contributed by atoms with Gasteiger partial charge in [0.15, 0.2) is 0 Å². The van der Waals surface area contributed by atoms with Gasteiger partial charge in [-0.15, -0.1) is 11.8 Å². The number of aryl methyl sites for hydroxylation is 1. The van der Waals surface area contributed by atoms with Crippen LogP contribution in [-0.4, -0.2) is 30.0 Å². The van der Waals surface area contributed by atoms with Gasteiger partial charge in [0, 0.05) is 5.69 Å². The van der Waals surface area contributed by atoms with Crippen LogP contribution in [0.15, 0.2) is 24.3 Å². The largest absolute Gasteiger partial charge is 0.465 e. The molecule has 1 amide bonds. The quantitative estimate of drug-likeness (QED) is 0.780. The Morgan fingerprint density at radius 1 is 1.16 bits per heavy atom. The van der Waals surface area contributed by atoms with E-state index in [4.69, 9.17) is 4.74 Å². The third-order valence-corrected chi connectivity index (χ3v) is 3.31. The zero-order chi connectivity index (χ0) is 14.1. The molecule has 0 aromatic heterocycles. The number of carbonyl (C=O) groups excluding carboxylic acids is 2. The van der Waals surface area contributed by atoms with Crippen molar-refractivity contribution in [1.29, 1.82) is 0 Å². The number of ether oxygens (including phenoxy) is 1. The van der Waals surface area contributed by atoms with Gasteiger partial charge in [-0.25, -0.2) is 0 Å². The minimum absolute atomic E-state index is 0.112. The summed E-state index contributed by atoms with van der Waals surface area (Å²) < 4.78 is 4.78. The highest BCUT2D eigenvalue weighted by Gasteiger charge is 2.06. The lowest BCUT2D eigenvalue weighted by Crippen LogP contribution is -2.16. The molecule has 0 fully saturated rings. The van der Waals surface area contributed by atoms with Crippen LogP contribution in [-0.2, 0) is 20.7 Å². The van der Waals surface area contributed by atoms with Crippen molar-refractivity contribution in [3.05, 3.63) is 29.8 Å². The Labute approximate surface area is 117 Å². The van der Waals surface area contributed by atoms with Gasteiger partial charge in [-0.05, 0) is 31.0 Å². The van der Waals surface area contributed by atoms with Crippen LogP contribution in [0.4, 0.5) is 5.69 Å². The molecule has 0 atom stereocenters. The van der Waals surface area contributed by atoms with E-state index in [9.17, 15) is 9.59 Å². The van der Waals surface area contributed by atoms with E-state index >= 15 is 0 Å². The number of nitrogens with one attached hydrogen (secondary N) is 1. The molecular weight excluding hydrogens is 262 g/mol. The van der Waals surface area contributed by atoms with Crippen LogP contribution in [0.25, 0.3) is 0 Å². The van der Waals surface area contributed by atoms with Crippen LogP contribution >= 0.6 is 11.8 Å². The standard InChI is InChI=1S/C14H19NO3S/c1-3-11-5-7-12(8-6-11)15-13(16)9-19-10-14(17)18-4-2/h5-8H,3-4,9-10H2,1-2H3,(H,15,16). The first-order chi connectivity index (χ1) is 9.15. The average molecular weight is 281 g/mol. The van der Waals surface area contributed by atoms with E-state index < -0.39 is 0 Å². The SMILES string of the molecule is CCOC(=O)CSCC(=O)Nc1ccc(CC)cc1. The second kappa shape index (κ2) is 8.58. The summed E-state index contributed by atoms with van der Waals surface area (Å²) in [6.07, 6.45) is 0.976. The Morgan fingerprint density at radius 3 is 2.42 bits per heavy atom. The van der Waals surface area contributed by atoms with Gasteiger partial charge in [0.05, 0.1) is 18.1 Å². The van der Waals surface area contributed by atoms with Gasteiger partial charge >= 0.3 is 5.97 Å². The van der Waals surface area contributed by atoms with Gasteiger partial charge in [-0.3, -0.25) is 9.59 Å². The first-order valence-electron chi connectivity index (χ1n) is 6.27. The van der Waals surface area contributed by atoms with Gasteiger partial charge < -0.3 is 10.1 Å². The van der Waals surface area contributed by atoms with Gasteiger partial charge in [-0.1, -0.05) is 19.1 Å². The average Bonchev–Trinajstić information content (AvgIpc) is 2.40. The molecule has 1 aromatic rings. The predicted molar refractivity (Wildman–Crippen MR) is 78.4 cm³/mol. The van der Waals surface area contributed by atoms with E-state index in [-0.39, 0.29) is 23.4 Å². The smallest absolute Gasteiger partial charge is 0.315 e. The van der Waals surface area contributed by atoms with Gasteiger partial charge in [0.25, 0.3) is 0 Å². The summed E-state index contributed by atoms with van der Waals surface area (Å²) >= 11 is 1.25. The molecule has 0 bridgehead atoms. The lowest BCUT2D eigenvalue weighted by Gasteiger charge is -2.06. The lowest BCUT2D eigenvalue weighted by molar-refractivity contribution is -0.139. The molecule has 0 radical (unpaired) electrons. The topological polar surface area (TPSA) is 55.4 Å². The fourth-order valence-electron chi connectivity index (χ4n) is 1.45. The fraction of sp³-hybridized carbons (Fsp3) is 0.429. The molecule has 0 saturated carbocycles. The van der Waals surface area contributed by atoms with Gasteiger partial charge in [0.1, 0.15) is 0 Å². The molecule has 1 rings (SSSR count). The zero-order valence-electron chi connectivity index (χ0n) is 11.3. The third kappa shape index (κ3) is 6.29. The molecule has 4 nitrogen and oxygen atoms in total. The number of rotatable bonds is 7. The summed E-state index contributed by atoms with van der Waals surface area (Å²) in [5, 5.41) is 2.79. The molecule has 104 valence electrons. The van der Waals surface area contributed by atoms with Crippen molar-refractivity contribution in [1.82, 2.24) is 0 Å². The van der Waals surface area contributed by atoms with E-state index in [1.165, 1.54) is 17.3 Å². The molecule has 0 heterocycles. The van der Waals surface area contributed by atoms with Gasteiger partial charge in [0.2, 0.25) is 5.91 Å².